The first-order valence-corrected chi connectivity index (χ1v) is 10.3. The monoisotopic (exact) mass is 417 g/mol. The molecule has 1 aromatic heterocycles. The topological polar surface area (TPSA) is 113 Å². The zero-order valence-electron chi connectivity index (χ0n) is 16.7. The van der Waals surface area contributed by atoms with E-state index in [9.17, 15) is 9.59 Å². The number of rotatable bonds is 8. The van der Waals surface area contributed by atoms with Crippen molar-refractivity contribution < 1.29 is 23.9 Å². The van der Waals surface area contributed by atoms with Gasteiger partial charge in [-0.3, -0.25) is 0 Å². The molecule has 0 aliphatic carbocycles. The van der Waals surface area contributed by atoms with Gasteiger partial charge in [0.15, 0.2) is 5.13 Å². The van der Waals surface area contributed by atoms with Gasteiger partial charge in [0.2, 0.25) is 11.3 Å². The summed E-state index contributed by atoms with van der Waals surface area (Å²) in [5.41, 5.74) is 3.23. The van der Waals surface area contributed by atoms with Gasteiger partial charge in [-0.2, -0.15) is 0 Å². The van der Waals surface area contributed by atoms with Crippen LogP contribution in [-0.4, -0.2) is 45.0 Å². The molecule has 1 rings (SSSR count). The summed E-state index contributed by atoms with van der Waals surface area (Å²) in [6.07, 6.45) is 0. The SMILES string of the molecule is CCSC(C)OC(=O)C(=NOC(C)(C)C(=O)OC(C)(C)C)c1csc(N)n1. The molecule has 0 fully saturated rings. The normalized spacial score (nSPS) is 13.8. The summed E-state index contributed by atoms with van der Waals surface area (Å²) in [4.78, 5) is 34.2. The second-order valence-corrected chi connectivity index (χ2v) is 9.51. The van der Waals surface area contributed by atoms with Gasteiger partial charge in [0.1, 0.15) is 16.7 Å². The number of thiazole rings is 1. The quantitative estimate of drug-likeness (QED) is 0.297. The molecule has 0 radical (unpaired) electrons. The second-order valence-electron chi connectivity index (χ2n) is 7.04. The van der Waals surface area contributed by atoms with Crippen molar-refractivity contribution in [2.45, 2.75) is 65.1 Å². The van der Waals surface area contributed by atoms with Crippen molar-refractivity contribution in [2.24, 2.45) is 5.16 Å². The van der Waals surface area contributed by atoms with E-state index in [2.05, 4.69) is 10.1 Å². The molecule has 152 valence electrons. The molecule has 0 aromatic carbocycles. The maximum absolute atomic E-state index is 12.5. The highest BCUT2D eigenvalue weighted by Gasteiger charge is 2.36. The molecule has 0 spiro atoms. The largest absolute Gasteiger partial charge is 0.457 e. The minimum atomic E-state index is -1.41. The van der Waals surface area contributed by atoms with E-state index >= 15 is 0 Å². The molecule has 8 nitrogen and oxygen atoms in total. The fourth-order valence-electron chi connectivity index (χ4n) is 1.66. The van der Waals surface area contributed by atoms with Crippen molar-refractivity contribution in [3.05, 3.63) is 11.1 Å². The molecule has 0 aliphatic rings. The number of nitrogens with zero attached hydrogens (tertiary/aromatic N) is 2. The fraction of sp³-hybridized carbons (Fsp3) is 0.647. The van der Waals surface area contributed by atoms with Crippen molar-refractivity contribution >= 4 is 45.9 Å². The molecular formula is C17H27N3O5S2. The van der Waals surface area contributed by atoms with Crippen LogP contribution in [0, 0.1) is 0 Å². The zero-order chi connectivity index (χ0) is 20.8. The fourth-order valence-corrected chi connectivity index (χ4v) is 2.83. The van der Waals surface area contributed by atoms with Crippen LogP contribution in [0.1, 0.15) is 54.2 Å². The molecule has 27 heavy (non-hydrogen) atoms. The summed E-state index contributed by atoms with van der Waals surface area (Å²) in [6.45, 7) is 12.0. The van der Waals surface area contributed by atoms with Gasteiger partial charge in [0, 0.05) is 5.38 Å². The number of aromatic nitrogens is 1. The lowest BCUT2D eigenvalue weighted by Crippen LogP contribution is -2.40. The average molecular weight is 418 g/mol. The molecule has 0 amide bonds. The number of ether oxygens (including phenoxy) is 2. The number of carbonyl (C=O) groups excluding carboxylic acids is 2. The van der Waals surface area contributed by atoms with Crippen LogP contribution in [-0.2, 0) is 23.9 Å². The summed E-state index contributed by atoms with van der Waals surface area (Å²) < 4.78 is 10.7. The predicted octanol–water partition coefficient (Wildman–Crippen LogP) is 3.21. The Kier molecular flexibility index (Phi) is 8.09. The number of hydrogen-bond acceptors (Lipinski definition) is 10. The van der Waals surface area contributed by atoms with Crippen molar-refractivity contribution in [3.63, 3.8) is 0 Å². The van der Waals surface area contributed by atoms with Gasteiger partial charge in [-0.1, -0.05) is 12.1 Å². The standard InChI is InChI=1S/C17H27N3O5S2/c1-8-26-10(2)23-13(21)12(11-9-27-15(18)19-11)20-25-17(6,7)14(22)24-16(3,4)5/h9-10H,8H2,1-7H3,(H2,18,19). The van der Waals surface area contributed by atoms with E-state index in [-0.39, 0.29) is 22.0 Å². The van der Waals surface area contributed by atoms with Crippen LogP contribution < -0.4 is 5.73 Å². The lowest BCUT2D eigenvalue weighted by molar-refractivity contribution is -0.179. The Labute approximate surface area is 167 Å². The zero-order valence-corrected chi connectivity index (χ0v) is 18.3. The van der Waals surface area contributed by atoms with Crippen LogP contribution in [0.25, 0.3) is 0 Å². The van der Waals surface area contributed by atoms with E-state index in [0.717, 1.165) is 17.1 Å². The summed E-state index contributed by atoms with van der Waals surface area (Å²) in [7, 11) is 0. The van der Waals surface area contributed by atoms with Gasteiger partial charge in [-0.05, 0) is 47.3 Å². The van der Waals surface area contributed by atoms with Crippen LogP contribution in [0.3, 0.4) is 0 Å². The summed E-state index contributed by atoms with van der Waals surface area (Å²) in [5.74, 6) is -0.542. The number of thioether (sulfide) groups is 1. The Bertz CT molecular complexity index is 695. The third-order valence-corrected chi connectivity index (χ3v) is 4.46. The third-order valence-electron chi connectivity index (χ3n) is 2.89. The second kappa shape index (κ2) is 9.41. The Morgan fingerprint density at radius 3 is 2.44 bits per heavy atom. The number of nitrogens with two attached hydrogens (primary N) is 1. The molecule has 1 aromatic rings. The van der Waals surface area contributed by atoms with Gasteiger partial charge in [-0.25, -0.2) is 14.6 Å². The molecule has 0 bridgehead atoms. The smallest absolute Gasteiger partial charge is 0.363 e. The molecule has 0 saturated heterocycles. The number of oxime groups is 1. The van der Waals surface area contributed by atoms with E-state index in [1.807, 2.05) is 6.92 Å². The summed E-state index contributed by atoms with van der Waals surface area (Å²) in [6, 6.07) is 0. The van der Waals surface area contributed by atoms with E-state index in [1.165, 1.54) is 25.6 Å². The average Bonchev–Trinajstić information content (AvgIpc) is 2.92. The predicted molar refractivity (Wildman–Crippen MR) is 108 cm³/mol. The summed E-state index contributed by atoms with van der Waals surface area (Å²) in [5, 5.41) is 5.70. The van der Waals surface area contributed by atoms with Crippen LogP contribution in [0.4, 0.5) is 5.13 Å². The van der Waals surface area contributed by atoms with Crippen LogP contribution >= 0.6 is 23.1 Å². The van der Waals surface area contributed by atoms with Gasteiger partial charge in [-0.15, -0.1) is 23.1 Å². The molecule has 1 heterocycles. The first kappa shape index (κ1) is 23.2. The Morgan fingerprint density at radius 1 is 1.33 bits per heavy atom. The number of anilines is 1. The lowest BCUT2D eigenvalue weighted by Gasteiger charge is -2.26. The highest BCUT2D eigenvalue weighted by Crippen LogP contribution is 2.20. The van der Waals surface area contributed by atoms with Gasteiger partial charge in [0.05, 0.1) is 0 Å². The lowest BCUT2D eigenvalue weighted by atomic mass is 10.1. The van der Waals surface area contributed by atoms with Crippen molar-refractivity contribution in [1.29, 1.82) is 0 Å². The van der Waals surface area contributed by atoms with Gasteiger partial charge in [0.25, 0.3) is 0 Å². The van der Waals surface area contributed by atoms with E-state index in [1.54, 1.807) is 33.1 Å². The molecule has 2 N–H and O–H groups in total. The third kappa shape index (κ3) is 7.76. The highest BCUT2D eigenvalue weighted by atomic mass is 32.2. The van der Waals surface area contributed by atoms with Crippen molar-refractivity contribution in [3.8, 4) is 0 Å². The minimum absolute atomic E-state index is 0.164. The molecule has 0 saturated carbocycles. The summed E-state index contributed by atoms with van der Waals surface area (Å²) >= 11 is 2.61. The molecule has 1 unspecified atom stereocenters. The molecular weight excluding hydrogens is 390 g/mol. The van der Waals surface area contributed by atoms with Crippen molar-refractivity contribution in [2.75, 3.05) is 11.5 Å². The van der Waals surface area contributed by atoms with Crippen LogP contribution in [0.5, 0.6) is 0 Å². The van der Waals surface area contributed by atoms with E-state index in [4.69, 9.17) is 20.0 Å². The minimum Gasteiger partial charge on any atom is -0.457 e. The Hall–Kier alpha value is -1.81. The maximum Gasteiger partial charge on any atom is 0.363 e. The van der Waals surface area contributed by atoms with Crippen LogP contribution in [0.2, 0.25) is 0 Å². The van der Waals surface area contributed by atoms with Crippen molar-refractivity contribution in [1.82, 2.24) is 4.98 Å². The van der Waals surface area contributed by atoms with E-state index in [0.29, 0.717) is 0 Å². The Balaban J connectivity index is 3.05. The number of carbonyl (C=O) groups is 2. The molecule has 0 aliphatic heterocycles. The van der Waals surface area contributed by atoms with Crippen LogP contribution in [0.15, 0.2) is 10.5 Å². The van der Waals surface area contributed by atoms with E-state index < -0.39 is 23.1 Å². The number of esters is 2. The maximum atomic E-state index is 12.5. The number of hydrogen-bond donors (Lipinski definition) is 1. The first-order valence-electron chi connectivity index (χ1n) is 8.39. The van der Waals surface area contributed by atoms with Gasteiger partial charge < -0.3 is 20.0 Å². The highest BCUT2D eigenvalue weighted by molar-refractivity contribution is 7.99. The number of nitrogen functional groups attached to an aromatic ring is 1. The first-order chi connectivity index (χ1) is 12.4. The molecule has 10 heteroatoms. The van der Waals surface area contributed by atoms with Gasteiger partial charge >= 0.3 is 11.9 Å². The Morgan fingerprint density at radius 2 is 1.96 bits per heavy atom. The molecule has 1 atom stereocenters.